The fraction of sp³-hybridized carbons (Fsp3) is 0.542. The highest BCUT2D eigenvalue weighted by Crippen LogP contribution is 2.44. The number of aryl methyl sites for hydroxylation is 1. The van der Waals surface area contributed by atoms with E-state index in [0.29, 0.717) is 43.8 Å². The number of carbonyl (C=O) groups is 1. The zero-order valence-electron chi connectivity index (χ0n) is 17.0. The van der Waals surface area contributed by atoms with Gasteiger partial charge in [0.05, 0.1) is 13.2 Å². The number of allylic oxidation sites excluding steroid dienone is 1. The molecule has 0 heterocycles. The number of carbonyl (C=O) groups excluding carboxylic acids is 1. The highest BCUT2D eigenvalue weighted by molar-refractivity contribution is 5.69. The van der Waals surface area contributed by atoms with Crippen LogP contribution in [0.3, 0.4) is 0 Å². The van der Waals surface area contributed by atoms with Crippen molar-refractivity contribution in [3.63, 3.8) is 0 Å². The molecule has 0 spiro atoms. The van der Waals surface area contributed by atoms with Crippen LogP contribution in [0.5, 0.6) is 5.75 Å². The molecule has 1 aliphatic carbocycles. The molecule has 4 heteroatoms. The van der Waals surface area contributed by atoms with Crippen molar-refractivity contribution in [2.75, 3.05) is 7.11 Å². The maximum Gasteiger partial charge on any atom is 0.305 e. The lowest BCUT2D eigenvalue weighted by Gasteiger charge is -2.20. The molecule has 0 amide bonds. The fourth-order valence-corrected chi connectivity index (χ4v) is 3.95. The number of phenolic OH excluding ortho intramolecular Hbond substituents is 1. The van der Waals surface area contributed by atoms with Crippen molar-refractivity contribution in [1.82, 2.24) is 0 Å². The molecule has 4 nitrogen and oxygen atoms in total. The lowest BCUT2D eigenvalue weighted by molar-refractivity contribution is -0.140. The molecule has 1 saturated carbocycles. The smallest absolute Gasteiger partial charge is 0.305 e. The summed E-state index contributed by atoms with van der Waals surface area (Å²) in [5.74, 6) is 6.54. The van der Waals surface area contributed by atoms with Gasteiger partial charge in [0, 0.05) is 12.8 Å². The zero-order valence-corrected chi connectivity index (χ0v) is 17.0. The first-order valence-electron chi connectivity index (χ1n) is 10.2. The number of aliphatic hydroxyl groups excluding tert-OH is 1. The average Bonchev–Trinajstić information content (AvgIpc) is 3.16. The monoisotopic (exact) mass is 384 g/mol. The molecular weight excluding hydrogens is 352 g/mol. The molecule has 0 radical (unpaired) electrons. The molecule has 0 aliphatic heterocycles. The summed E-state index contributed by atoms with van der Waals surface area (Å²) in [4.78, 5) is 11.3. The standard InChI is InChI=1S/C24H32O4/c1-3-4-5-12-20(25)17-16-18-9-6-13-21(18)22-14-7-10-19(24(22)27)11-8-15-23(26)28-2/h7,10,14,16-18,20-21,25,27H,5-6,8-9,11-13,15H2,1-2H3/b17-16+/t18?,20?,21-/m0/s1. The Kier molecular flexibility index (Phi) is 9.10. The molecule has 1 fully saturated rings. The van der Waals surface area contributed by atoms with Gasteiger partial charge in [-0.05, 0) is 62.0 Å². The molecule has 1 aliphatic rings. The number of esters is 1. The van der Waals surface area contributed by atoms with Crippen LogP contribution >= 0.6 is 0 Å². The van der Waals surface area contributed by atoms with Crippen LogP contribution in [0.2, 0.25) is 0 Å². The minimum atomic E-state index is -0.472. The van der Waals surface area contributed by atoms with Crippen molar-refractivity contribution in [1.29, 1.82) is 0 Å². The van der Waals surface area contributed by atoms with Crippen LogP contribution in [0.4, 0.5) is 0 Å². The molecule has 1 aromatic rings. The topological polar surface area (TPSA) is 66.8 Å². The van der Waals surface area contributed by atoms with Gasteiger partial charge in [0.25, 0.3) is 0 Å². The Balaban J connectivity index is 2.03. The Bertz CT molecular complexity index is 726. The van der Waals surface area contributed by atoms with E-state index < -0.39 is 6.10 Å². The summed E-state index contributed by atoms with van der Waals surface area (Å²) in [6.07, 6.45) is 9.76. The Morgan fingerprint density at radius 3 is 2.96 bits per heavy atom. The second-order valence-corrected chi connectivity index (χ2v) is 7.40. The molecule has 152 valence electrons. The number of aliphatic hydroxyl groups is 1. The largest absolute Gasteiger partial charge is 0.507 e. The van der Waals surface area contributed by atoms with Crippen LogP contribution in [0.1, 0.15) is 68.9 Å². The number of hydrogen-bond acceptors (Lipinski definition) is 4. The van der Waals surface area contributed by atoms with Crippen LogP contribution in [0.25, 0.3) is 0 Å². The predicted octanol–water partition coefficient (Wildman–Crippen LogP) is 4.49. The summed E-state index contributed by atoms with van der Waals surface area (Å²) in [5.41, 5.74) is 1.86. The van der Waals surface area contributed by atoms with E-state index in [1.807, 2.05) is 24.3 Å². The van der Waals surface area contributed by atoms with Gasteiger partial charge in [0.15, 0.2) is 0 Å². The second-order valence-electron chi connectivity index (χ2n) is 7.40. The number of ether oxygens (including phenoxy) is 1. The van der Waals surface area contributed by atoms with Crippen molar-refractivity contribution in [2.45, 2.75) is 70.3 Å². The first-order valence-corrected chi connectivity index (χ1v) is 10.2. The van der Waals surface area contributed by atoms with Gasteiger partial charge in [0.2, 0.25) is 0 Å². The van der Waals surface area contributed by atoms with E-state index in [1.54, 1.807) is 6.92 Å². The van der Waals surface area contributed by atoms with Crippen molar-refractivity contribution in [2.24, 2.45) is 5.92 Å². The quantitative estimate of drug-likeness (QED) is 0.374. The third kappa shape index (κ3) is 6.42. The van der Waals surface area contributed by atoms with E-state index in [-0.39, 0.29) is 11.9 Å². The molecular formula is C24H32O4. The van der Waals surface area contributed by atoms with Crippen molar-refractivity contribution >= 4 is 5.97 Å². The molecule has 1 aromatic carbocycles. The Morgan fingerprint density at radius 1 is 1.39 bits per heavy atom. The molecule has 2 rings (SSSR count). The molecule has 0 saturated heterocycles. The van der Waals surface area contributed by atoms with Gasteiger partial charge >= 0.3 is 5.97 Å². The number of aromatic hydroxyl groups is 1. The van der Waals surface area contributed by atoms with Crippen LogP contribution in [0, 0.1) is 17.8 Å². The number of rotatable bonds is 9. The lowest BCUT2D eigenvalue weighted by Crippen LogP contribution is -2.07. The number of hydrogen-bond donors (Lipinski definition) is 2. The van der Waals surface area contributed by atoms with Gasteiger partial charge in [-0.25, -0.2) is 0 Å². The van der Waals surface area contributed by atoms with Crippen LogP contribution in [-0.4, -0.2) is 29.4 Å². The summed E-state index contributed by atoms with van der Waals surface area (Å²) in [6.45, 7) is 1.81. The molecule has 2 unspecified atom stereocenters. The summed E-state index contributed by atoms with van der Waals surface area (Å²) in [5, 5.41) is 20.9. The molecule has 3 atom stereocenters. The van der Waals surface area contributed by atoms with Crippen molar-refractivity contribution in [3.8, 4) is 17.6 Å². The Hall–Kier alpha value is -2.25. The van der Waals surface area contributed by atoms with Crippen molar-refractivity contribution in [3.05, 3.63) is 41.5 Å². The number of para-hydroxylation sites is 1. The average molecular weight is 385 g/mol. The van der Waals surface area contributed by atoms with E-state index in [2.05, 4.69) is 22.7 Å². The van der Waals surface area contributed by atoms with E-state index in [0.717, 1.165) is 30.4 Å². The summed E-state index contributed by atoms with van der Waals surface area (Å²) < 4.78 is 4.68. The highest BCUT2D eigenvalue weighted by Gasteiger charge is 2.29. The molecule has 0 aromatic heterocycles. The lowest BCUT2D eigenvalue weighted by atomic mass is 9.86. The number of methoxy groups -OCH3 is 1. The first kappa shape index (κ1) is 22.0. The third-order valence-electron chi connectivity index (χ3n) is 5.50. The van der Waals surface area contributed by atoms with Crippen LogP contribution < -0.4 is 0 Å². The van der Waals surface area contributed by atoms with Crippen molar-refractivity contribution < 1.29 is 19.7 Å². The zero-order chi connectivity index (χ0) is 20.4. The van der Waals surface area contributed by atoms with E-state index in [1.165, 1.54) is 7.11 Å². The first-order chi connectivity index (χ1) is 13.6. The fourth-order valence-electron chi connectivity index (χ4n) is 3.95. The molecule has 0 bridgehead atoms. The van der Waals surface area contributed by atoms with Gasteiger partial charge in [0.1, 0.15) is 5.75 Å². The number of benzene rings is 1. The summed E-state index contributed by atoms with van der Waals surface area (Å²) >= 11 is 0. The SMILES string of the molecule is CC#CCCC(O)/C=C/C1CCC[C@@H]1c1cccc(CCCC(=O)OC)c1O. The summed E-state index contributed by atoms with van der Waals surface area (Å²) in [7, 11) is 1.39. The Labute approximate surface area is 168 Å². The van der Waals surface area contributed by atoms with Crippen LogP contribution in [-0.2, 0) is 16.0 Å². The van der Waals surface area contributed by atoms with Gasteiger partial charge < -0.3 is 14.9 Å². The van der Waals surface area contributed by atoms with Crippen LogP contribution in [0.15, 0.2) is 30.4 Å². The van der Waals surface area contributed by atoms with Gasteiger partial charge in [-0.1, -0.05) is 36.8 Å². The van der Waals surface area contributed by atoms with Gasteiger partial charge in [-0.15, -0.1) is 11.8 Å². The number of phenols is 1. The minimum absolute atomic E-state index is 0.222. The van der Waals surface area contributed by atoms with Gasteiger partial charge in [-0.2, -0.15) is 0 Å². The highest BCUT2D eigenvalue weighted by atomic mass is 16.5. The maximum atomic E-state index is 11.3. The Morgan fingerprint density at radius 2 is 2.21 bits per heavy atom. The summed E-state index contributed by atoms with van der Waals surface area (Å²) in [6, 6.07) is 5.91. The normalized spacial score (nSPS) is 20.0. The molecule has 28 heavy (non-hydrogen) atoms. The maximum absolute atomic E-state index is 11.3. The third-order valence-corrected chi connectivity index (χ3v) is 5.50. The second kappa shape index (κ2) is 11.6. The van der Waals surface area contributed by atoms with Gasteiger partial charge in [-0.3, -0.25) is 4.79 Å². The van der Waals surface area contributed by atoms with E-state index >= 15 is 0 Å². The minimum Gasteiger partial charge on any atom is -0.507 e. The predicted molar refractivity (Wildman–Crippen MR) is 111 cm³/mol. The van der Waals surface area contributed by atoms with E-state index in [4.69, 9.17) is 0 Å². The molecule has 2 N–H and O–H groups in total. The van der Waals surface area contributed by atoms with E-state index in [9.17, 15) is 15.0 Å².